The lowest BCUT2D eigenvalue weighted by molar-refractivity contribution is 0.101. The number of allylic oxidation sites excluding steroid dienone is 1. The summed E-state index contributed by atoms with van der Waals surface area (Å²) in [6.07, 6.45) is 1.34. The van der Waals surface area contributed by atoms with Gasteiger partial charge in [-0.15, -0.1) is 0 Å². The summed E-state index contributed by atoms with van der Waals surface area (Å²) in [6.45, 7) is 0. The predicted octanol–water partition coefficient (Wildman–Crippen LogP) is 2.26. The Morgan fingerprint density at radius 3 is 2.54 bits per heavy atom. The lowest BCUT2D eigenvalue weighted by Gasteiger charge is -2.28. The first-order valence-electron chi connectivity index (χ1n) is 7.08. The maximum atomic E-state index is 12.7. The van der Waals surface area contributed by atoms with Crippen LogP contribution in [0.25, 0.3) is 6.08 Å². The monoisotopic (exact) mass is 345 g/mol. The van der Waals surface area contributed by atoms with E-state index in [4.69, 9.17) is 4.74 Å². The minimum atomic E-state index is -3.82. The highest BCUT2D eigenvalue weighted by Gasteiger charge is 2.36. The molecule has 7 heteroatoms. The maximum absolute atomic E-state index is 12.7. The molecule has 0 unspecified atom stereocenters. The van der Waals surface area contributed by atoms with Crippen LogP contribution in [0.4, 0.5) is 0 Å². The van der Waals surface area contributed by atoms with E-state index in [2.05, 4.69) is 0 Å². The van der Waals surface area contributed by atoms with Crippen molar-refractivity contribution in [2.75, 3.05) is 14.2 Å². The third-order valence-electron chi connectivity index (χ3n) is 3.88. The number of hydrogen-bond donors (Lipinski definition) is 1. The average molecular weight is 345 g/mol. The summed E-state index contributed by atoms with van der Waals surface area (Å²) >= 11 is 0. The van der Waals surface area contributed by atoms with E-state index in [1.807, 2.05) is 0 Å². The fourth-order valence-corrected chi connectivity index (χ4v) is 3.94. The quantitative estimate of drug-likeness (QED) is 0.844. The molecule has 0 fully saturated rings. The van der Waals surface area contributed by atoms with E-state index in [0.717, 1.165) is 4.31 Å². The van der Waals surface area contributed by atoms with E-state index in [1.54, 1.807) is 30.3 Å². The minimum absolute atomic E-state index is 0.0236. The Labute approximate surface area is 139 Å². The first kappa shape index (κ1) is 16.1. The molecule has 0 spiro atoms. The molecule has 0 saturated carbocycles. The molecule has 3 rings (SSSR count). The van der Waals surface area contributed by atoms with Gasteiger partial charge in [-0.05, 0) is 24.3 Å². The molecule has 0 aliphatic carbocycles. The van der Waals surface area contributed by atoms with Gasteiger partial charge in [-0.1, -0.05) is 24.3 Å². The Morgan fingerprint density at radius 1 is 1.12 bits per heavy atom. The fourth-order valence-electron chi connectivity index (χ4n) is 2.56. The second kappa shape index (κ2) is 5.68. The van der Waals surface area contributed by atoms with Gasteiger partial charge in [-0.3, -0.25) is 9.10 Å². The van der Waals surface area contributed by atoms with Crippen molar-refractivity contribution in [1.29, 1.82) is 0 Å². The Hall–Kier alpha value is -2.80. The number of rotatable bonds is 2. The van der Waals surface area contributed by atoms with Crippen molar-refractivity contribution in [3.8, 4) is 11.5 Å². The number of sulfonamides is 1. The summed E-state index contributed by atoms with van der Waals surface area (Å²) in [6, 6.07) is 10.8. The van der Waals surface area contributed by atoms with Gasteiger partial charge in [0.05, 0.1) is 12.0 Å². The summed E-state index contributed by atoms with van der Waals surface area (Å²) in [5.74, 6) is -0.353. The standard InChI is InChI=1S/C17H15NO5S/c1-18-13(10-11-6-5-8-14(23-2)16(11)19)17(20)12-7-3-4-9-15(12)24(18,21)22/h3-10,19H,1-2H3/b13-10-. The zero-order valence-corrected chi connectivity index (χ0v) is 13.9. The molecule has 2 aromatic rings. The molecule has 1 aliphatic heterocycles. The first-order chi connectivity index (χ1) is 11.4. The Morgan fingerprint density at radius 2 is 1.83 bits per heavy atom. The van der Waals surface area contributed by atoms with Crippen molar-refractivity contribution >= 4 is 21.9 Å². The topological polar surface area (TPSA) is 83.9 Å². The van der Waals surface area contributed by atoms with E-state index in [-0.39, 0.29) is 27.7 Å². The number of ketones is 1. The summed E-state index contributed by atoms with van der Waals surface area (Å²) in [5, 5.41) is 10.2. The van der Waals surface area contributed by atoms with Crippen molar-refractivity contribution in [1.82, 2.24) is 4.31 Å². The second-order valence-corrected chi connectivity index (χ2v) is 7.16. The summed E-state index contributed by atoms with van der Waals surface area (Å²) in [7, 11) is -1.10. The lowest BCUT2D eigenvalue weighted by Crippen LogP contribution is -2.36. The molecule has 6 nitrogen and oxygen atoms in total. The number of benzene rings is 2. The van der Waals surface area contributed by atoms with E-state index < -0.39 is 15.8 Å². The molecule has 1 aliphatic rings. The van der Waals surface area contributed by atoms with Crippen molar-refractivity contribution in [2.24, 2.45) is 0 Å². The average Bonchev–Trinajstić information content (AvgIpc) is 2.58. The van der Waals surface area contributed by atoms with Crippen LogP contribution in [0.2, 0.25) is 0 Å². The maximum Gasteiger partial charge on any atom is 0.264 e. The number of nitrogens with zero attached hydrogens (tertiary/aromatic N) is 1. The van der Waals surface area contributed by atoms with Crippen molar-refractivity contribution in [3.05, 3.63) is 59.3 Å². The summed E-state index contributed by atoms with van der Waals surface area (Å²) < 4.78 is 31.2. The number of carbonyl (C=O) groups is 1. The Kier molecular flexibility index (Phi) is 3.81. The number of phenols is 1. The fraction of sp³-hybridized carbons (Fsp3) is 0.118. The molecular weight excluding hydrogens is 330 g/mol. The molecule has 1 N–H and O–H groups in total. The van der Waals surface area contributed by atoms with E-state index >= 15 is 0 Å². The van der Waals surface area contributed by atoms with Gasteiger partial charge < -0.3 is 9.84 Å². The van der Waals surface area contributed by atoms with Crippen LogP contribution in [0.5, 0.6) is 11.5 Å². The number of Topliss-reactive ketones (excluding diaryl/α,β-unsaturated/α-hetero) is 1. The van der Waals surface area contributed by atoms with Crippen LogP contribution in [-0.2, 0) is 10.0 Å². The zero-order chi connectivity index (χ0) is 17.5. The van der Waals surface area contributed by atoms with E-state index in [9.17, 15) is 18.3 Å². The van der Waals surface area contributed by atoms with Crippen molar-refractivity contribution in [2.45, 2.75) is 4.90 Å². The van der Waals surface area contributed by atoms with Gasteiger partial charge in [-0.25, -0.2) is 8.42 Å². The van der Waals surface area contributed by atoms with Gasteiger partial charge in [0.1, 0.15) is 5.70 Å². The largest absolute Gasteiger partial charge is 0.504 e. The van der Waals surface area contributed by atoms with Crippen LogP contribution in [0.1, 0.15) is 15.9 Å². The number of methoxy groups -OCH3 is 1. The number of likely N-dealkylation sites (N-methyl/N-ethyl adjacent to an activating group) is 1. The third kappa shape index (κ3) is 2.33. The molecule has 0 atom stereocenters. The predicted molar refractivity (Wildman–Crippen MR) is 88.4 cm³/mol. The van der Waals surface area contributed by atoms with Gasteiger partial charge in [-0.2, -0.15) is 0 Å². The summed E-state index contributed by atoms with van der Waals surface area (Å²) in [5.41, 5.74) is 0.362. The Bertz CT molecular complexity index is 963. The number of phenolic OH excluding ortho intramolecular Hbond substituents is 1. The molecule has 124 valence electrons. The highest BCUT2D eigenvalue weighted by molar-refractivity contribution is 7.89. The van der Waals surface area contributed by atoms with E-state index in [0.29, 0.717) is 5.56 Å². The molecule has 2 aromatic carbocycles. The van der Waals surface area contributed by atoms with Crippen LogP contribution in [0, 0.1) is 0 Å². The normalized spacial score (nSPS) is 17.7. The smallest absolute Gasteiger partial charge is 0.264 e. The lowest BCUT2D eigenvalue weighted by atomic mass is 10.0. The zero-order valence-electron chi connectivity index (χ0n) is 13.1. The molecule has 0 radical (unpaired) electrons. The minimum Gasteiger partial charge on any atom is -0.504 e. The van der Waals surface area contributed by atoms with Crippen molar-refractivity contribution in [3.63, 3.8) is 0 Å². The molecule has 24 heavy (non-hydrogen) atoms. The molecular formula is C17H15NO5S. The number of aromatic hydroxyl groups is 1. The third-order valence-corrected chi connectivity index (χ3v) is 5.71. The first-order valence-corrected chi connectivity index (χ1v) is 8.52. The van der Waals surface area contributed by atoms with Gasteiger partial charge in [0.25, 0.3) is 10.0 Å². The van der Waals surface area contributed by atoms with Crippen LogP contribution in [0.15, 0.2) is 53.1 Å². The number of carbonyl (C=O) groups excluding carboxylic acids is 1. The molecule has 0 amide bonds. The number of hydrogen-bond acceptors (Lipinski definition) is 5. The van der Waals surface area contributed by atoms with Gasteiger partial charge in [0.15, 0.2) is 11.5 Å². The molecule has 0 saturated heterocycles. The van der Waals surface area contributed by atoms with E-state index in [1.165, 1.54) is 32.4 Å². The van der Waals surface area contributed by atoms with Crippen LogP contribution >= 0.6 is 0 Å². The summed E-state index contributed by atoms with van der Waals surface area (Å²) in [4.78, 5) is 12.7. The van der Waals surface area contributed by atoms with Crippen LogP contribution < -0.4 is 4.74 Å². The number of ether oxygens (including phenoxy) is 1. The SMILES string of the molecule is COc1cccc(/C=C2/C(=O)c3ccccc3S(=O)(=O)N2C)c1O. The van der Waals surface area contributed by atoms with Crippen molar-refractivity contribution < 1.29 is 23.1 Å². The van der Waals surface area contributed by atoms with Crippen LogP contribution in [-0.4, -0.2) is 37.8 Å². The van der Waals surface area contributed by atoms with Gasteiger partial charge >= 0.3 is 0 Å². The van der Waals surface area contributed by atoms with Gasteiger partial charge in [0.2, 0.25) is 5.78 Å². The number of para-hydroxylation sites is 1. The number of fused-ring (bicyclic) bond motifs is 1. The second-order valence-electron chi connectivity index (χ2n) is 5.23. The molecule has 0 aromatic heterocycles. The van der Waals surface area contributed by atoms with Crippen LogP contribution in [0.3, 0.4) is 0 Å². The molecule has 0 bridgehead atoms. The van der Waals surface area contributed by atoms with Gasteiger partial charge in [0, 0.05) is 18.2 Å². The highest BCUT2D eigenvalue weighted by atomic mass is 32.2. The highest BCUT2D eigenvalue weighted by Crippen LogP contribution is 2.35. The molecule has 1 heterocycles. The Balaban J connectivity index is 2.21.